The first kappa shape index (κ1) is 20.6. The minimum atomic E-state index is -0.838. The Labute approximate surface area is 186 Å². The summed E-state index contributed by atoms with van der Waals surface area (Å²) >= 11 is 0. The van der Waals surface area contributed by atoms with E-state index >= 15 is 0 Å². The second kappa shape index (κ2) is 7.40. The summed E-state index contributed by atoms with van der Waals surface area (Å²) in [5, 5.41) is 11.2. The summed E-state index contributed by atoms with van der Waals surface area (Å²) in [7, 11) is 0. The van der Waals surface area contributed by atoms with Crippen LogP contribution in [-0.4, -0.2) is 25.2 Å². The largest absolute Gasteiger partial charge is 0.481 e. The van der Waals surface area contributed by atoms with Gasteiger partial charge in [-0.1, -0.05) is 37.6 Å². The van der Waals surface area contributed by atoms with Crippen LogP contribution in [0.25, 0.3) is 21.9 Å². The van der Waals surface area contributed by atoms with Crippen LogP contribution in [0.1, 0.15) is 62.7 Å². The fraction of sp³-hybridized carbons (Fsp3) is 0.385. The normalized spacial score (nSPS) is 17.0. The van der Waals surface area contributed by atoms with Crippen molar-refractivity contribution < 1.29 is 9.90 Å². The van der Waals surface area contributed by atoms with E-state index in [4.69, 9.17) is 0 Å². The van der Waals surface area contributed by atoms with Crippen LogP contribution in [0, 0.1) is 12.3 Å². The lowest BCUT2D eigenvalue weighted by Crippen LogP contribution is -2.36. The third kappa shape index (κ3) is 2.85. The van der Waals surface area contributed by atoms with Crippen LogP contribution in [0.15, 0.2) is 53.5 Å². The van der Waals surface area contributed by atoms with Gasteiger partial charge in [-0.3, -0.25) is 13.9 Å². The van der Waals surface area contributed by atoms with Crippen molar-refractivity contribution in [2.75, 3.05) is 0 Å². The Bertz CT molecular complexity index is 1390. The number of nitrogens with one attached hydrogen (secondary N) is 1. The highest BCUT2D eigenvalue weighted by Gasteiger charge is 2.57. The summed E-state index contributed by atoms with van der Waals surface area (Å²) in [5.41, 5.74) is 3.96. The van der Waals surface area contributed by atoms with E-state index in [0.29, 0.717) is 19.3 Å². The lowest BCUT2D eigenvalue weighted by Gasteiger charge is -2.25. The van der Waals surface area contributed by atoms with Crippen molar-refractivity contribution in [2.45, 2.75) is 58.5 Å². The van der Waals surface area contributed by atoms with Crippen molar-refractivity contribution in [1.29, 1.82) is 0 Å². The number of imidazole rings is 1. The van der Waals surface area contributed by atoms with Gasteiger partial charge in [-0.05, 0) is 56.9 Å². The van der Waals surface area contributed by atoms with E-state index in [2.05, 4.69) is 18.0 Å². The highest BCUT2D eigenvalue weighted by Crippen LogP contribution is 2.56. The molecule has 0 spiro atoms. The van der Waals surface area contributed by atoms with Gasteiger partial charge in [0.15, 0.2) is 0 Å². The van der Waals surface area contributed by atoms with Gasteiger partial charge in [0.25, 0.3) is 0 Å². The first-order chi connectivity index (χ1) is 15.4. The van der Waals surface area contributed by atoms with E-state index in [-0.39, 0.29) is 17.8 Å². The average Bonchev–Trinajstić information content (AvgIpc) is 3.38. The van der Waals surface area contributed by atoms with E-state index in [0.717, 1.165) is 39.5 Å². The molecule has 2 N–H and O–H groups in total. The summed E-state index contributed by atoms with van der Waals surface area (Å²) in [4.78, 5) is 29.5. The van der Waals surface area contributed by atoms with Crippen LogP contribution < -0.4 is 5.69 Å². The molecule has 0 bridgehead atoms. The highest BCUT2D eigenvalue weighted by atomic mass is 16.4. The fourth-order valence-corrected chi connectivity index (χ4v) is 5.49. The quantitative estimate of drug-likeness (QED) is 0.411. The molecule has 0 aliphatic heterocycles. The molecule has 0 radical (unpaired) electrons. The number of fused-ring (bicyclic) bond motifs is 2. The van der Waals surface area contributed by atoms with Crippen molar-refractivity contribution in [1.82, 2.24) is 14.1 Å². The summed E-state index contributed by atoms with van der Waals surface area (Å²) in [6, 6.07) is 13.4. The molecule has 5 rings (SSSR count). The number of carboxylic acid groups (broad SMARTS) is 1. The third-order valence-electron chi connectivity index (χ3n) is 7.32. The summed E-state index contributed by atoms with van der Waals surface area (Å²) in [5.74, 6) is -0.792. The van der Waals surface area contributed by atoms with Crippen molar-refractivity contribution in [3.05, 3.63) is 70.3 Å². The number of aromatic amines is 1. The van der Waals surface area contributed by atoms with Crippen molar-refractivity contribution in [3.63, 3.8) is 0 Å². The van der Waals surface area contributed by atoms with Crippen LogP contribution in [0.3, 0.4) is 0 Å². The van der Waals surface area contributed by atoms with Gasteiger partial charge in [-0.25, -0.2) is 4.79 Å². The number of para-hydroxylation sites is 2. The Morgan fingerprint density at radius 3 is 2.44 bits per heavy atom. The number of carboxylic acids is 1. The van der Waals surface area contributed by atoms with Crippen molar-refractivity contribution >= 4 is 27.9 Å². The number of hydrogen-bond acceptors (Lipinski definition) is 2. The zero-order valence-corrected chi connectivity index (χ0v) is 18.8. The molecule has 4 aromatic rings. The van der Waals surface area contributed by atoms with Gasteiger partial charge in [0, 0.05) is 22.7 Å². The maximum Gasteiger partial charge on any atom is 0.329 e. The molecule has 0 saturated heterocycles. The predicted octanol–water partition coefficient (Wildman–Crippen LogP) is 5.41. The molecule has 32 heavy (non-hydrogen) atoms. The Morgan fingerprint density at radius 1 is 1.12 bits per heavy atom. The van der Waals surface area contributed by atoms with Crippen LogP contribution >= 0.6 is 0 Å². The van der Waals surface area contributed by atoms with Crippen molar-refractivity contribution in [2.24, 2.45) is 5.41 Å². The highest BCUT2D eigenvalue weighted by molar-refractivity contribution is 5.87. The Balaban J connectivity index is 1.75. The van der Waals surface area contributed by atoms with Gasteiger partial charge in [0.05, 0.1) is 28.5 Å². The van der Waals surface area contributed by atoms with Gasteiger partial charge in [0.1, 0.15) is 0 Å². The first-order valence-electron chi connectivity index (χ1n) is 11.4. The van der Waals surface area contributed by atoms with Gasteiger partial charge >= 0.3 is 11.7 Å². The minimum absolute atomic E-state index is 0.132. The van der Waals surface area contributed by atoms with Crippen LogP contribution in [-0.2, 0) is 4.79 Å². The second-order valence-electron chi connectivity index (χ2n) is 9.19. The number of aromatic nitrogens is 3. The molecule has 6 nitrogen and oxygen atoms in total. The lowest BCUT2D eigenvalue weighted by atomic mass is 9.92. The van der Waals surface area contributed by atoms with Crippen LogP contribution in [0.4, 0.5) is 0 Å². The Hall–Kier alpha value is -3.28. The summed E-state index contributed by atoms with van der Waals surface area (Å²) in [6.07, 6.45) is 4.72. The van der Waals surface area contributed by atoms with E-state index in [1.54, 1.807) is 4.57 Å². The molecule has 1 aliphatic rings. The maximum atomic E-state index is 14.0. The number of H-pyrrole nitrogens is 1. The van der Waals surface area contributed by atoms with Gasteiger partial charge in [-0.2, -0.15) is 0 Å². The minimum Gasteiger partial charge on any atom is -0.481 e. The monoisotopic (exact) mass is 431 g/mol. The number of nitrogens with zero attached hydrogens (tertiary/aromatic N) is 2. The second-order valence-corrected chi connectivity index (χ2v) is 9.19. The predicted molar refractivity (Wildman–Crippen MR) is 126 cm³/mol. The molecule has 0 amide bonds. The molecule has 1 saturated carbocycles. The molecule has 2 atom stereocenters. The smallest absolute Gasteiger partial charge is 0.329 e. The Morgan fingerprint density at radius 2 is 1.81 bits per heavy atom. The first-order valence-corrected chi connectivity index (χ1v) is 11.4. The molecule has 1 fully saturated rings. The van der Waals surface area contributed by atoms with Crippen molar-refractivity contribution in [3.8, 4) is 0 Å². The molecule has 2 aromatic carbocycles. The molecular weight excluding hydrogens is 402 g/mol. The lowest BCUT2D eigenvalue weighted by molar-refractivity contribution is -0.145. The molecular formula is C26H29N3O3. The third-order valence-corrected chi connectivity index (χ3v) is 7.32. The molecule has 166 valence electrons. The van der Waals surface area contributed by atoms with Gasteiger partial charge in [-0.15, -0.1) is 0 Å². The molecule has 2 aromatic heterocycles. The topological polar surface area (TPSA) is 80.0 Å². The average molecular weight is 432 g/mol. The number of hydrogen-bond donors (Lipinski definition) is 2. The maximum absolute atomic E-state index is 14.0. The van der Waals surface area contributed by atoms with E-state index in [1.807, 2.05) is 61.0 Å². The molecule has 2 unspecified atom stereocenters. The number of aliphatic carboxylic acids is 1. The van der Waals surface area contributed by atoms with Gasteiger partial charge in [0.2, 0.25) is 0 Å². The number of aryl methyl sites for hydroxylation is 1. The summed E-state index contributed by atoms with van der Waals surface area (Å²) < 4.78 is 3.61. The number of benzene rings is 2. The van der Waals surface area contributed by atoms with Gasteiger partial charge < -0.3 is 10.1 Å². The van der Waals surface area contributed by atoms with E-state index < -0.39 is 11.4 Å². The zero-order chi connectivity index (χ0) is 22.6. The summed E-state index contributed by atoms with van der Waals surface area (Å²) in [6.45, 7) is 6.18. The SMILES string of the molecule is CCCC(n1c(=O)n(C(C)c2c[nH]c3cccc(C)c23)c2ccccc21)C1(C(=O)O)CC1. The molecule has 1 aliphatic carbocycles. The Kier molecular flexibility index (Phi) is 4.77. The zero-order valence-electron chi connectivity index (χ0n) is 18.8. The van der Waals surface area contributed by atoms with E-state index in [1.165, 1.54) is 0 Å². The number of rotatable bonds is 7. The molecule has 6 heteroatoms. The van der Waals surface area contributed by atoms with Crippen LogP contribution in [0.2, 0.25) is 0 Å². The van der Waals surface area contributed by atoms with E-state index in [9.17, 15) is 14.7 Å². The standard InChI is InChI=1S/C26H29N3O3/c1-4-8-22(26(13-14-26)24(30)31)29-21-12-6-5-11-20(21)28(25(29)32)17(3)18-15-27-19-10-7-9-16(2)23(18)19/h5-7,9-12,15,17,22,27H,4,8,13-14H2,1-3H3,(H,30,31). The number of carbonyl (C=O) groups is 1. The fourth-order valence-electron chi connectivity index (χ4n) is 5.49. The molecule has 2 heterocycles. The van der Waals surface area contributed by atoms with Crippen LogP contribution in [0.5, 0.6) is 0 Å².